The minimum atomic E-state index is 0. The molecule has 6 heavy (non-hydrogen) atoms. The van der Waals surface area contributed by atoms with E-state index in [1.807, 2.05) is 0 Å². The van der Waals surface area contributed by atoms with Gasteiger partial charge in [-0.25, -0.2) is 0 Å². The summed E-state index contributed by atoms with van der Waals surface area (Å²) in [5.41, 5.74) is 0. The Morgan fingerprint density at radius 1 is 1.00 bits per heavy atom. The smallest absolute Gasteiger partial charge is 1.00 e. The van der Waals surface area contributed by atoms with E-state index in [4.69, 9.17) is 0 Å². The van der Waals surface area contributed by atoms with Crippen molar-refractivity contribution in [1.29, 1.82) is 0 Å². The van der Waals surface area contributed by atoms with Crippen LogP contribution in [0, 0.1) is 0 Å². The molecule has 0 aliphatic rings. The third kappa shape index (κ3) is 23.8. The molecule has 0 N–H and O–H groups in total. The second-order valence-corrected chi connectivity index (χ2v) is 0. The normalized spacial score (nSPS) is 0. The van der Waals surface area contributed by atoms with Crippen molar-refractivity contribution in [1.82, 2.24) is 0 Å². The number of hydrogen-bond acceptors (Lipinski definition) is 0. The van der Waals surface area contributed by atoms with Gasteiger partial charge in [0.15, 0.2) is 0 Å². The Morgan fingerprint density at radius 3 is 1.00 bits per heavy atom. The van der Waals surface area contributed by atoms with Gasteiger partial charge in [-0.3, -0.25) is 0 Å². The molecule has 22 valence electrons. The minimum absolute atomic E-state index is 0. The van der Waals surface area contributed by atoms with Crippen LogP contribution in [0.25, 0.3) is 0 Å². The second kappa shape index (κ2) is 34.4. The van der Waals surface area contributed by atoms with E-state index in [9.17, 15) is 0 Å². The summed E-state index contributed by atoms with van der Waals surface area (Å²) in [4.78, 5) is 0. The first-order valence-electron chi connectivity index (χ1n) is 0. The van der Waals surface area contributed by atoms with Crippen molar-refractivity contribution in [3.8, 4) is 0 Å². The summed E-state index contributed by atoms with van der Waals surface area (Å²) in [7, 11) is 0. The van der Waals surface area contributed by atoms with Crippen molar-refractivity contribution in [3.05, 3.63) is 0 Å². The van der Waals surface area contributed by atoms with Gasteiger partial charge in [0.2, 0.25) is 0 Å². The van der Waals surface area contributed by atoms with Crippen LogP contribution < -0.4 is 109 Å². The molecule has 0 nitrogen and oxygen atoms in total. The fraction of sp³-hybridized carbons (Fsp3) is 0. The van der Waals surface area contributed by atoms with E-state index in [2.05, 4.69) is 0 Å². The molecular formula is H3CaF2KLiNa. The van der Waals surface area contributed by atoms with Crippen LogP contribution in [0.4, 0.5) is 0 Å². The Labute approximate surface area is 147 Å². The first kappa shape index (κ1) is 47.8. The first-order chi connectivity index (χ1) is 0. The van der Waals surface area contributed by atoms with Crippen LogP contribution in [-0.4, -0.2) is 37.7 Å². The summed E-state index contributed by atoms with van der Waals surface area (Å²) < 4.78 is 0. The van der Waals surface area contributed by atoms with Gasteiger partial charge in [0, 0.05) is 0 Å². The molecule has 0 radical (unpaired) electrons. The van der Waals surface area contributed by atoms with Crippen LogP contribution >= 0.6 is 0 Å². The predicted octanol–water partition coefficient (Wildman–Crippen LogP) is -15.0. The van der Waals surface area contributed by atoms with E-state index < -0.39 is 0 Å². The average molecular weight is 150 g/mol. The van der Waals surface area contributed by atoms with E-state index >= 15 is 0 Å². The van der Waals surface area contributed by atoms with Gasteiger partial charge >= 0.3 is 138 Å². The Hall–Kier alpha value is 4.35. The third-order valence-corrected chi connectivity index (χ3v) is 0. The quantitative estimate of drug-likeness (QED) is 0.301. The third-order valence-electron chi connectivity index (χ3n) is 0. The Morgan fingerprint density at radius 2 is 1.00 bits per heavy atom. The van der Waals surface area contributed by atoms with Gasteiger partial charge < -0.3 is 13.7 Å². The van der Waals surface area contributed by atoms with Gasteiger partial charge in [-0.05, 0) is 0 Å². The van der Waals surface area contributed by atoms with E-state index in [0.717, 1.165) is 0 Å². The topological polar surface area (TPSA) is 0 Å². The maximum atomic E-state index is 0. The van der Waals surface area contributed by atoms with E-state index in [-0.39, 0.29) is 151 Å². The van der Waals surface area contributed by atoms with Crippen molar-refractivity contribution in [3.63, 3.8) is 0 Å². The summed E-state index contributed by atoms with van der Waals surface area (Å²) >= 11 is 0. The zero-order valence-corrected chi connectivity index (χ0v) is 11.8. The molecule has 0 aromatic rings. The molecule has 0 aromatic heterocycles. The van der Waals surface area contributed by atoms with Crippen LogP contribution in [-0.2, 0) is 0 Å². The van der Waals surface area contributed by atoms with Gasteiger partial charge in [-0.1, -0.05) is 0 Å². The van der Waals surface area contributed by atoms with E-state index in [0.29, 0.717) is 0 Å². The molecule has 0 aromatic carbocycles. The SMILES string of the molecule is [Ca+2].[F-].[F-].[H-].[H-].[H-].[K+].[Li+].[Na+]. The van der Waals surface area contributed by atoms with Crippen molar-refractivity contribution in [2.75, 3.05) is 0 Å². The fourth-order valence-corrected chi connectivity index (χ4v) is 0. The molecule has 0 spiro atoms. The summed E-state index contributed by atoms with van der Waals surface area (Å²) in [5.74, 6) is 0. The van der Waals surface area contributed by atoms with Crippen molar-refractivity contribution in [2.24, 2.45) is 0 Å². The van der Waals surface area contributed by atoms with Crippen LogP contribution in [0.3, 0.4) is 0 Å². The summed E-state index contributed by atoms with van der Waals surface area (Å²) in [6, 6.07) is 0. The zero-order valence-electron chi connectivity index (χ0n) is 7.46. The molecule has 0 saturated carbocycles. The van der Waals surface area contributed by atoms with Gasteiger partial charge in [0.1, 0.15) is 0 Å². The molecule has 0 atom stereocenters. The molecule has 0 bridgehead atoms. The molecule has 0 fully saturated rings. The van der Waals surface area contributed by atoms with Crippen LogP contribution in [0.5, 0.6) is 0 Å². The molecule has 0 saturated heterocycles. The standard InChI is InChI=1S/Ca.2FH.K.Li.Na.3H/h;2*1H;;;;;;/q+2;;;3*+1;3*-1/p-2. The summed E-state index contributed by atoms with van der Waals surface area (Å²) in [5, 5.41) is 0. The van der Waals surface area contributed by atoms with Gasteiger partial charge in [-0.15, -0.1) is 0 Å². The molecule has 0 aliphatic carbocycles. The molecule has 0 amide bonds. The maximum Gasteiger partial charge on any atom is 2.00 e. The molecule has 0 aliphatic heterocycles. The zero-order chi connectivity index (χ0) is 0. The van der Waals surface area contributed by atoms with Crippen molar-refractivity contribution >= 4 is 37.7 Å². The molecule has 0 rings (SSSR count). The second-order valence-electron chi connectivity index (χ2n) is 0. The monoisotopic (exact) mass is 150 g/mol. The minimum Gasteiger partial charge on any atom is -1.00 e. The number of halogens is 2. The Kier molecular flexibility index (Phi) is 274. The molecular weight excluding hydrogens is 147 g/mol. The van der Waals surface area contributed by atoms with Crippen LogP contribution in [0.2, 0.25) is 0 Å². The first-order valence-corrected chi connectivity index (χ1v) is 0. The molecule has 0 unspecified atom stereocenters. The number of hydrogen-bond donors (Lipinski definition) is 0. The summed E-state index contributed by atoms with van der Waals surface area (Å²) in [6.07, 6.45) is 0. The fourth-order valence-electron chi connectivity index (χ4n) is 0. The molecule has 0 heterocycles. The maximum absolute atomic E-state index is 0. The Balaban J connectivity index is 0. The van der Waals surface area contributed by atoms with E-state index in [1.54, 1.807) is 0 Å². The van der Waals surface area contributed by atoms with Gasteiger partial charge in [0.05, 0.1) is 0 Å². The number of rotatable bonds is 0. The predicted molar refractivity (Wildman–Crippen MR) is 9.09 cm³/mol. The van der Waals surface area contributed by atoms with Gasteiger partial charge in [0.25, 0.3) is 0 Å². The van der Waals surface area contributed by atoms with Crippen LogP contribution in [0.15, 0.2) is 0 Å². The summed E-state index contributed by atoms with van der Waals surface area (Å²) in [6.45, 7) is 0. The average Bonchev–Trinajstić information content (AvgIpc) is 0. The van der Waals surface area contributed by atoms with Crippen molar-refractivity contribution in [2.45, 2.75) is 0 Å². The van der Waals surface area contributed by atoms with Gasteiger partial charge in [-0.2, -0.15) is 0 Å². The van der Waals surface area contributed by atoms with Crippen LogP contribution in [0.1, 0.15) is 4.28 Å². The molecule has 6 heteroatoms. The largest absolute Gasteiger partial charge is 2.00 e. The van der Waals surface area contributed by atoms with E-state index in [1.165, 1.54) is 0 Å². The Bertz CT molecular complexity index is 21.8. The van der Waals surface area contributed by atoms with Crippen molar-refractivity contribution < 1.29 is 113 Å².